The average Bonchev–Trinajstić information content (AvgIpc) is 3.48. The third-order valence-corrected chi connectivity index (χ3v) is 5.38. The molecule has 2 fully saturated rings. The number of nitrogens with zero attached hydrogens (tertiary/aromatic N) is 3. The van der Waals surface area contributed by atoms with Crippen LogP contribution in [-0.2, 0) is 6.54 Å². The molecule has 6 heteroatoms. The maximum absolute atomic E-state index is 5.71. The zero-order valence-electron chi connectivity index (χ0n) is 17.2. The van der Waals surface area contributed by atoms with Crippen molar-refractivity contribution in [1.29, 1.82) is 0 Å². The molecule has 1 saturated carbocycles. The number of benzene rings is 1. The molecule has 0 spiro atoms. The van der Waals surface area contributed by atoms with Crippen molar-refractivity contribution in [3.63, 3.8) is 0 Å². The van der Waals surface area contributed by atoms with Gasteiger partial charge in [0.2, 0.25) is 5.88 Å². The minimum atomic E-state index is 0.393. The first-order valence-corrected chi connectivity index (χ1v) is 10.7. The first-order chi connectivity index (χ1) is 14.3. The highest BCUT2D eigenvalue weighted by Gasteiger charge is 2.23. The fraction of sp³-hybridized carbons (Fsp3) is 0.478. The van der Waals surface area contributed by atoms with Crippen molar-refractivity contribution in [2.45, 2.75) is 38.8 Å². The van der Waals surface area contributed by atoms with Gasteiger partial charge in [0.25, 0.3) is 0 Å². The molecule has 29 heavy (non-hydrogen) atoms. The summed E-state index contributed by atoms with van der Waals surface area (Å²) in [6.45, 7) is 6.37. The number of hydrogen-bond donors (Lipinski definition) is 2. The van der Waals surface area contributed by atoms with Crippen molar-refractivity contribution in [3.05, 3.63) is 54.2 Å². The first-order valence-electron chi connectivity index (χ1n) is 10.7. The van der Waals surface area contributed by atoms with Crippen molar-refractivity contribution in [3.8, 4) is 5.88 Å². The number of nitrogens with one attached hydrogen (secondary N) is 2. The molecule has 1 aromatic heterocycles. The molecule has 4 rings (SSSR count). The monoisotopic (exact) mass is 393 g/mol. The van der Waals surface area contributed by atoms with E-state index in [1.54, 1.807) is 0 Å². The van der Waals surface area contributed by atoms with E-state index in [0.29, 0.717) is 18.5 Å². The van der Waals surface area contributed by atoms with Gasteiger partial charge in [0, 0.05) is 43.6 Å². The zero-order chi connectivity index (χ0) is 19.9. The summed E-state index contributed by atoms with van der Waals surface area (Å²) in [5, 5.41) is 6.95. The van der Waals surface area contributed by atoms with Gasteiger partial charge in [-0.1, -0.05) is 24.3 Å². The minimum Gasteiger partial charge on any atom is -0.477 e. The zero-order valence-corrected chi connectivity index (χ0v) is 17.2. The predicted molar refractivity (Wildman–Crippen MR) is 117 cm³/mol. The Labute approximate surface area is 173 Å². The molecular formula is C23H31N5O. The Balaban J connectivity index is 1.29. The second-order valence-corrected chi connectivity index (χ2v) is 7.87. The minimum absolute atomic E-state index is 0.393. The van der Waals surface area contributed by atoms with Crippen molar-refractivity contribution < 1.29 is 4.74 Å². The lowest BCUT2D eigenvalue weighted by atomic mass is 10.2. The summed E-state index contributed by atoms with van der Waals surface area (Å²) in [5.74, 6) is 2.31. The number of pyridine rings is 1. The molecule has 0 radical (unpaired) electrons. The van der Waals surface area contributed by atoms with Crippen LogP contribution in [-0.4, -0.2) is 43.2 Å². The highest BCUT2D eigenvalue weighted by Crippen LogP contribution is 2.29. The van der Waals surface area contributed by atoms with E-state index in [-0.39, 0.29) is 0 Å². The van der Waals surface area contributed by atoms with Gasteiger partial charge in [0.1, 0.15) is 0 Å². The van der Waals surface area contributed by atoms with E-state index in [1.165, 1.54) is 18.5 Å². The topological polar surface area (TPSA) is 61.8 Å². The number of anilines is 1. The van der Waals surface area contributed by atoms with Gasteiger partial charge >= 0.3 is 0 Å². The Morgan fingerprint density at radius 1 is 1.17 bits per heavy atom. The van der Waals surface area contributed by atoms with Gasteiger partial charge in [0.05, 0.1) is 13.2 Å². The maximum atomic E-state index is 5.71. The molecule has 154 valence electrons. The normalized spacial score (nSPS) is 19.3. The van der Waals surface area contributed by atoms with Crippen LogP contribution in [0.5, 0.6) is 5.88 Å². The van der Waals surface area contributed by atoms with Crippen LogP contribution in [0, 0.1) is 5.92 Å². The number of rotatable bonds is 8. The molecule has 1 saturated heterocycles. The fourth-order valence-corrected chi connectivity index (χ4v) is 3.51. The molecule has 2 aromatic rings. The SMILES string of the molecule is CCNC(=NCc1ccc(OCC2CC2)nc1)NC1CCN(c2ccccc2)C1. The first kappa shape index (κ1) is 19.6. The van der Waals surface area contributed by atoms with Crippen LogP contribution in [0.15, 0.2) is 53.7 Å². The Hall–Kier alpha value is -2.76. The molecule has 1 aromatic carbocycles. The lowest BCUT2D eigenvalue weighted by molar-refractivity contribution is 0.288. The van der Waals surface area contributed by atoms with Gasteiger partial charge in [-0.3, -0.25) is 0 Å². The average molecular weight is 394 g/mol. The number of aromatic nitrogens is 1. The molecule has 0 amide bonds. The number of aliphatic imine (C=N–C) groups is 1. The van der Waals surface area contributed by atoms with Crippen molar-refractivity contribution in [1.82, 2.24) is 15.6 Å². The van der Waals surface area contributed by atoms with Gasteiger partial charge in [0.15, 0.2) is 5.96 Å². The van der Waals surface area contributed by atoms with Crippen LogP contribution in [0.2, 0.25) is 0 Å². The van der Waals surface area contributed by atoms with Crippen LogP contribution in [0.3, 0.4) is 0 Å². The summed E-state index contributed by atoms with van der Waals surface area (Å²) in [5.41, 5.74) is 2.37. The van der Waals surface area contributed by atoms with Crippen LogP contribution >= 0.6 is 0 Å². The molecule has 2 aliphatic rings. The van der Waals surface area contributed by atoms with Crippen LogP contribution in [0.1, 0.15) is 31.7 Å². The molecule has 1 unspecified atom stereocenters. The molecule has 1 aliphatic carbocycles. The Bertz CT molecular complexity index is 789. The quantitative estimate of drug-likeness (QED) is 0.533. The summed E-state index contributed by atoms with van der Waals surface area (Å²) in [7, 11) is 0. The van der Waals surface area contributed by atoms with Crippen LogP contribution in [0.25, 0.3) is 0 Å². The second kappa shape index (κ2) is 9.63. The number of guanidine groups is 1. The number of ether oxygens (including phenoxy) is 1. The fourth-order valence-electron chi connectivity index (χ4n) is 3.51. The standard InChI is InChI=1S/C23H31N5O/c1-2-24-23(27-20-12-13-28(16-20)21-6-4-3-5-7-21)26-15-19-10-11-22(25-14-19)29-17-18-8-9-18/h3-7,10-11,14,18,20H,2,8-9,12-13,15-17H2,1H3,(H2,24,26,27). The van der Waals surface area contributed by atoms with E-state index in [1.807, 2.05) is 12.3 Å². The molecular weight excluding hydrogens is 362 g/mol. The van der Waals surface area contributed by atoms with Gasteiger partial charge in [-0.2, -0.15) is 0 Å². The highest BCUT2D eigenvalue weighted by atomic mass is 16.5. The largest absolute Gasteiger partial charge is 0.477 e. The van der Waals surface area contributed by atoms with E-state index < -0.39 is 0 Å². The number of hydrogen-bond acceptors (Lipinski definition) is 4. The van der Waals surface area contributed by atoms with Gasteiger partial charge < -0.3 is 20.3 Å². The number of para-hydroxylation sites is 1. The Morgan fingerprint density at radius 3 is 2.76 bits per heavy atom. The second-order valence-electron chi connectivity index (χ2n) is 7.87. The smallest absolute Gasteiger partial charge is 0.213 e. The van der Waals surface area contributed by atoms with Gasteiger partial charge in [-0.05, 0) is 49.8 Å². The lowest BCUT2D eigenvalue weighted by Gasteiger charge is -2.20. The Kier molecular flexibility index (Phi) is 6.49. The van der Waals surface area contributed by atoms with E-state index in [9.17, 15) is 0 Å². The third kappa shape index (κ3) is 5.86. The highest BCUT2D eigenvalue weighted by molar-refractivity contribution is 5.80. The van der Waals surface area contributed by atoms with Crippen molar-refractivity contribution >= 4 is 11.6 Å². The van der Waals surface area contributed by atoms with Crippen LogP contribution in [0.4, 0.5) is 5.69 Å². The molecule has 2 heterocycles. The predicted octanol–water partition coefficient (Wildman–Crippen LogP) is 3.20. The van der Waals surface area contributed by atoms with E-state index in [2.05, 4.69) is 63.8 Å². The van der Waals surface area contributed by atoms with Crippen LogP contribution < -0.4 is 20.3 Å². The van der Waals surface area contributed by atoms with Crippen molar-refractivity contribution in [2.24, 2.45) is 10.9 Å². The lowest BCUT2D eigenvalue weighted by Crippen LogP contribution is -2.44. The summed E-state index contributed by atoms with van der Waals surface area (Å²) >= 11 is 0. The summed E-state index contributed by atoms with van der Waals surface area (Å²) in [6, 6.07) is 15.0. The summed E-state index contributed by atoms with van der Waals surface area (Å²) < 4.78 is 5.71. The molecule has 6 nitrogen and oxygen atoms in total. The Morgan fingerprint density at radius 2 is 2.03 bits per heavy atom. The van der Waals surface area contributed by atoms with E-state index >= 15 is 0 Å². The van der Waals surface area contributed by atoms with Gasteiger partial charge in [-0.25, -0.2) is 9.98 Å². The summed E-state index contributed by atoms with van der Waals surface area (Å²) in [6.07, 6.45) is 5.55. The van der Waals surface area contributed by atoms with E-state index in [0.717, 1.165) is 50.1 Å². The maximum Gasteiger partial charge on any atom is 0.213 e. The molecule has 0 bridgehead atoms. The molecule has 2 N–H and O–H groups in total. The molecule has 1 atom stereocenters. The van der Waals surface area contributed by atoms with Crippen molar-refractivity contribution in [2.75, 3.05) is 31.1 Å². The van der Waals surface area contributed by atoms with E-state index in [4.69, 9.17) is 9.73 Å². The van der Waals surface area contributed by atoms with Gasteiger partial charge in [-0.15, -0.1) is 0 Å². The summed E-state index contributed by atoms with van der Waals surface area (Å²) in [4.78, 5) is 11.6. The molecule has 1 aliphatic heterocycles. The third-order valence-electron chi connectivity index (χ3n) is 5.38.